The predicted octanol–water partition coefficient (Wildman–Crippen LogP) is 2.95. The van der Waals surface area contributed by atoms with E-state index in [1.54, 1.807) is 0 Å². The van der Waals surface area contributed by atoms with Gasteiger partial charge in [-0.3, -0.25) is 14.8 Å². The Morgan fingerprint density at radius 2 is 1.66 bits per heavy atom. The van der Waals surface area contributed by atoms with Crippen molar-refractivity contribution in [1.29, 1.82) is 0 Å². The van der Waals surface area contributed by atoms with Crippen LogP contribution in [0.2, 0.25) is 0 Å². The Balaban J connectivity index is 1.51. The van der Waals surface area contributed by atoms with Gasteiger partial charge in [0.25, 0.3) is 5.91 Å². The van der Waals surface area contributed by atoms with E-state index in [0.717, 1.165) is 55.2 Å². The third-order valence-corrected chi connectivity index (χ3v) is 5.79. The molecular formula is C23H24N4O2. The minimum absolute atomic E-state index is 0.0248. The highest BCUT2D eigenvalue weighted by Gasteiger charge is 2.42. The number of amides is 1. The van der Waals surface area contributed by atoms with Gasteiger partial charge in [0.15, 0.2) is 0 Å². The van der Waals surface area contributed by atoms with E-state index in [1.807, 2.05) is 53.4 Å². The van der Waals surface area contributed by atoms with Crippen molar-refractivity contribution in [2.24, 2.45) is 0 Å². The maximum Gasteiger partial charge on any atom is 0.273 e. The largest absolute Gasteiger partial charge is 0.379 e. The summed E-state index contributed by atoms with van der Waals surface area (Å²) in [4.78, 5) is 17.7. The maximum atomic E-state index is 13.3. The Bertz CT molecular complexity index is 981. The molecule has 1 unspecified atom stereocenters. The van der Waals surface area contributed by atoms with Crippen LogP contribution in [0.15, 0.2) is 60.7 Å². The molecule has 148 valence electrons. The summed E-state index contributed by atoms with van der Waals surface area (Å²) in [5, 5.41) is 7.55. The lowest BCUT2D eigenvalue weighted by Gasteiger charge is -2.31. The van der Waals surface area contributed by atoms with Crippen LogP contribution in [-0.2, 0) is 4.74 Å². The van der Waals surface area contributed by atoms with Crippen molar-refractivity contribution in [1.82, 2.24) is 20.0 Å². The van der Waals surface area contributed by atoms with Gasteiger partial charge in [-0.1, -0.05) is 60.7 Å². The number of rotatable bonds is 5. The minimum Gasteiger partial charge on any atom is -0.379 e. The predicted molar refractivity (Wildman–Crippen MR) is 111 cm³/mol. The molecule has 1 fully saturated rings. The fourth-order valence-corrected chi connectivity index (χ4v) is 4.30. The number of aromatic nitrogens is 2. The number of carbonyl (C=O) groups is 1. The summed E-state index contributed by atoms with van der Waals surface area (Å²) in [6, 6.07) is 20.2. The second-order valence-corrected chi connectivity index (χ2v) is 7.49. The first-order chi connectivity index (χ1) is 14.3. The summed E-state index contributed by atoms with van der Waals surface area (Å²) in [6.45, 7) is 4.88. The van der Waals surface area contributed by atoms with E-state index in [0.29, 0.717) is 12.2 Å². The SMILES string of the molecule is O=C1c2[nH]nc(-c3ccccc3)c2C(c2ccccc2)N1CCN1CCOCC1. The standard InChI is InChI=1S/C23H24N4O2/c28-23-21-19(20(24-25-21)17-7-3-1-4-8-17)22(18-9-5-2-6-10-18)27(23)12-11-26-13-15-29-16-14-26/h1-10,22H,11-16H2,(H,24,25). The highest BCUT2D eigenvalue weighted by Crippen LogP contribution is 2.42. The van der Waals surface area contributed by atoms with Crippen molar-refractivity contribution >= 4 is 5.91 Å². The first-order valence-corrected chi connectivity index (χ1v) is 10.1. The molecule has 5 rings (SSSR count). The van der Waals surface area contributed by atoms with Gasteiger partial charge in [0.1, 0.15) is 5.69 Å². The number of morpholine rings is 1. The van der Waals surface area contributed by atoms with Gasteiger partial charge in [0.2, 0.25) is 0 Å². The van der Waals surface area contributed by atoms with Gasteiger partial charge in [0.05, 0.1) is 24.9 Å². The number of fused-ring (bicyclic) bond motifs is 1. The minimum atomic E-state index is -0.131. The van der Waals surface area contributed by atoms with E-state index < -0.39 is 0 Å². The summed E-state index contributed by atoms with van der Waals surface area (Å²) in [5.41, 5.74) is 4.58. The molecule has 6 nitrogen and oxygen atoms in total. The molecule has 6 heteroatoms. The van der Waals surface area contributed by atoms with Crippen molar-refractivity contribution in [3.63, 3.8) is 0 Å². The summed E-state index contributed by atoms with van der Waals surface area (Å²) < 4.78 is 5.45. The Hall–Kier alpha value is -2.96. The molecule has 0 saturated carbocycles. The Kier molecular flexibility index (Phi) is 4.87. The van der Waals surface area contributed by atoms with E-state index in [4.69, 9.17) is 4.74 Å². The molecule has 29 heavy (non-hydrogen) atoms. The lowest BCUT2D eigenvalue weighted by molar-refractivity contribution is 0.0316. The third-order valence-electron chi connectivity index (χ3n) is 5.79. The van der Waals surface area contributed by atoms with Crippen LogP contribution >= 0.6 is 0 Å². The van der Waals surface area contributed by atoms with E-state index in [9.17, 15) is 4.79 Å². The van der Waals surface area contributed by atoms with Crippen LogP contribution < -0.4 is 0 Å². The van der Waals surface area contributed by atoms with Crippen LogP contribution in [0, 0.1) is 0 Å². The Morgan fingerprint density at radius 3 is 2.38 bits per heavy atom. The van der Waals surface area contributed by atoms with Crippen LogP contribution in [0.5, 0.6) is 0 Å². The van der Waals surface area contributed by atoms with Crippen LogP contribution in [-0.4, -0.2) is 65.3 Å². The van der Waals surface area contributed by atoms with Gasteiger partial charge < -0.3 is 9.64 Å². The third kappa shape index (κ3) is 3.34. The van der Waals surface area contributed by atoms with Crippen molar-refractivity contribution in [2.45, 2.75) is 6.04 Å². The quantitative estimate of drug-likeness (QED) is 0.730. The second-order valence-electron chi connectivity index (χ2n) is 7.49. The molecule has 0 bridgehead atoms. The van der Waals surface area contributed by atoms with Gasteiger partial charge in [0, 0.05) is 37.3 Å². The number of ether oxygens (including phenoxy) is 1. The first kappa shape index (κ1) is 18.1. The molecule has 0 spiro atoms. The molecule has 2 aliphatic heterocycles. The molecule has 0 radical (unpaired) electrons. The average molecular weight is 388 g/mol. The normalized spacial score (nSPS) is 19.5. The van der Waals surface area contributed by atoms with Crippen LogP contribution in [0.25, 0.3) is 11.3 Å². The number of aromatic amines is 1. The molecule has 1 saturated heterocycles. The van der Waals surface area contributed by atoms with Crippen molar-refractivity contribution < 1.29 is 9.53 Å². The number of hydrogen-bond donors (Lipinski definition) is 1. The zero-order valence-corrected chi connectivity index (χ0v) is 16.3. The molecule has 0 aliphatic carbocycles. The zero-order chi connectivity index (χ0) is 19.6. The Labute approximate surface area is 170 Å². The fraction of sp³-hybridized carbons (Fsp3) is 0.304. The van der Waals surface area contributed by atoms with Gasteiger partial charge >= 0.3 is 0 Å². The first-order valence-electron chi connectivity index (χ1n) is 10.1. The molecule has 2 aromatic carbocycles. The molecule has 2 aliphatic rings. The van der Waals surface area contributed by atoms with Crippen LogP contribution in [0.4, 0.5) is 0 Å². The van der Waals surface area contributed by atoms with E-state index in [2.05, 4.69) is 27.2 Å². The molecule has 1 amide bonds. The molecule has 1 N–H and O–H groups in total. The number of nitrogens with one attached hydrogen (secondary N) is 1. The molecule has 3 aromatic rings. The van der Waals surface area contributed by atoms with Crippen molar-refractivity contribution in [3.8, 4) is 11.3 Å². The zero-order valence-electron chi connectivity index (χ0n) is 16.3. The number of benzene rings is 2. The number of carbonyl (C=O) groups excluding carboxylic acids is 1. The highest BCUT2D eigenvalue weighted by molar-refractivity contribution is 6.00. The lowest BCUT2D eigenvalue weighted by Crippen LogP contribution is -2.42. The molecule has 3 heterocycles. The summed E-state index contributed by atoms with van der Waals surface area (Å²) >= 11 is 0. The molecular weight excluding hydrogens is 364 g/mol. The smallest absolute Gasteiger partial charge is 0.273 e. The Morgan fingerprint density at radius 1 is 0.966 bits per heavy atom. The fourth-order valence-electron chi connectivity index (χ4n) is 4.30. The van der Waals surface area contributed by atoms with Gasteiger partial charge in [-0.05, 0) is 5.56 Å². The van der Waals surface area contributed by atoms with Gasteiger partial charge in [-0.15, -0.1) is 0 Å². The van der Waals surface area contributed by atoms with Gasteiger partial charge in [-0.25, -0.2) is 0 Å². The summed E-state index contributed by atoms with van der Waals surface area (Å²) in [6.07, 6.45) is 0. The molecule has 1 aromatic heterocycles. The summed E-state index contributed by atoms with van der Waals surface area (Å²) in [5.74, 6) is 0.0248. The van der Waals surface area contributed by atoms with E-state index in [-0.39, 0.29) is 11.9 Å². The monoisotopic (exact) mass is 388 g/mol. The second kappa shape index (κ2) is 7.81. The lowest BCUT2D eigenvalue weighted by atomic mass is 9.96. The number of nitrogens with zero attached hydrogens (tertiary/aromatic N) is 3. The topological polar surface area (TPSA) is 61.5 Å². The van der Waals surface area contributed by atoms with E-state index in [1.165, 1.54) is 0 Å². The van der Waals surface area contributed by atoms with Crippen molar-refractivity contribution in [2.75, 3.05) is 39.4 Å². The summed E-state index contributed by atoms with van der Waals surface area (Å²) in [7, 11) is 0. The maximum absolute atomic E-state index is 13.3. The van der Waals surface area contributed by atoms with Crippen LogP contribution in [0.3, 0.4) is 0 Å². The molecule has 1 atom stereocenters. The van der Waals surface area contributed by atoms with Gasteiger partial charge in [-0.2, -0.15) is 5.10 Å². The van der Waals surface area contributed by atoms with Crippen LogP contribution in [0.1, 0.15) is 27.7 Å². The highest BCUT2D eigenvalue weighted by atomic mass is 16.5. The number of H-pyrrole nitrogens is 1. The van der Waals surface area contributed by atoms with Crippen molar-refractivity contribution in [3.05, 3.63) is 77.5 Å². The number of hydrogen-bond acceptors (Lipinski definition) is 4. The van der Waals surface area contributed by atoms with E-state index >= 15 is 0 Å². The average Bonchev–Trinajstić information content (AvgIpc) is 3.33.